The Morgan fingerprint density at radius 2 is 1.56 bits per heavy atom. The minimum Gasteiger partial charge on any atom is -0.453 e. The summed E-state index contributed by atoms with van der Waals surface area (Å²) in [6.45, 7) is 3.59. The monoisotopic (exact) mass is 722 g/mol. The lowest BCUT2D eigenvalue weighted by molar-refractivity contribution is -0.132. The molecule has 0 atom stereocenters. The fraction of sp³-hybridized carbons (Fsp3) is 0.316. The van der Waals surface area contributed by atoms with Crippen LogP contribution in [0.25, 0.3) is 44.4 Å². The van der Waals surface area contributed by atoms with E-state index in [1.54, 1.807) is 16.0 Å². The maximum absolute atomic E-state index is 12.8. The molecular weight excluding hydrogens is 681 g/mol. The van der Waals surface area contributed by atoms with E-state index >= 15 is 0 Å². The van der Waals surface area contributed by atoms with Crippen LogP contribution in [-0.2, 0) is 32.2 Å². The number of nitrogens with zero attached hydrogens (tertiary/aromatic N) is 4. The van der Waals surface area contributed by atoms with Crippen LogP contribution in [0.1, 0.15) is 31.4 Å². The van der Waals surface area contributed by atoms with E-state index in [1.807, 2.05) is 24.4 Å². The fourth-order valence-electron chi connectivity index (χ4n) is 6.02. The van der Waals surface area contributed by atoms with Crippen LogP contribution >= 0.6 is 12.6 Å². The molecule has 0 bridgehead atoms. The van der Waals surface area contributed by atoms with Crippen molar-refractivity contribution in [2.45, 2.75) is 32.9 Å². The van der Waals surface area contributed by atoms with Gasteiger partial charge >= 0.3 is 6.09 Å². The number of methoxy groups -OCH3 is 1. The number of carbonyl (C=O) groups excluding carboxylic acids is 4. The highest BCUT2D eigenvalue weighted by atomic mass is 32.1. The summed E-state index contributed by atoms with van der Waals surface area (Å²) in [5.41, 5.74) is 5.82. The molecule has 1 fully saturated rings. The van der Waals surface area contributed by atoms with Crippen molar-refractivity contribution in [1.29, 1.82) is 0 Å². The van der Waals surface area contributed by atoms with Gasteiger partial charge < -0.3 is 35.1 Å². The Kier molecular flexibility index (Phi) is 11.2. The van der Waals surface area contributed by atoms with E-state index in [2.05, 4.69) is 92.3 Å². The summed E-state index contributed by atoms with van der Waals surface area (Å²) >= 11 is 4.26. The number of nitrogens with one attached hydrogen (secondary N) is 4. The standard InChI is InChI=1S/C38H42N8O5S/c1-38(11-12-38)23-46(35(48)19-39-24-47)22-34-41-18-32(44-34)30-10-9-28-15-27(7-8-29(28)16-30)25-3-5-26(6-4-25)31-17-40-33(43-31)21-45(13-14-52)36(49)20-42-37(50)51-2/h3-10,15-18,24,52H,11-14,19-23H2,1-2H3,(H,39,47)(H,40,43)(H,41,44)(H,42,50). The molecule has 52 heavy (non-hydrogen) atoms. The topological polar surface area (TPSA) is 165 Å². The number of hydrogen-bond donors (Lipinski definition) is 5. The number of thiol groups is 1. The predicted molar refractivity (Wildman–Crippen MR) is 201 cm³/mol. The van der Waals surface area contributed by atoms with Crippen LogP contribution in [0.3, 0.4) is 0 Å². The van der Waals surface area contributed by atoms with Crippen LogP contribution in [0.4, 0.5) is 4.79 Å². The molecule has 4 amide bonds. The van der Waals surface area contributed by atoms with Crippen LogP contribution in [0.5, 0.6) is 0 Å². The molecule has 2 aromatic heterocycles. The third-order valence-electron chi connectivity index (χ3n) is 9.26. The molecule has 270 valence electrons. The minimum atomic E-state index is -0.666. The zero-order valence-electron chi connectivity index (χ0n) is 29.1. The SMILES string of the molecule is COC(=O)NCC(=O)N(CCS)Cc1ncc(-c2ccc(-c3ccc4cc(-c5c[nH]c(CN(CC6(C)CC6)C(=O)CNC=O)n5)ccc4c3)cc2)[nH]1. The number of rotatable bonds is 16. The first-order valence-corrected chi connectivity index (χ1v) is 17.7. The van der Waals surface area contributed by atoms with Gasteiger partial charge in [0, 0.05) is 30.6 Å². The molecule has 0 spiro atoms. The van der Waals surface area contributed by atoms with E-state index in [4.69, 9.17) is 4.98 Å². The second-order valence-electron chi connectivity index (χ2n) is 13.3. The molecule has 1 aliphatic rings. The highest BCUT2D eigenvalue weighted by Crippen LogP contribution is 2.45. The first-order chi connectivity index (χ1) is 25.2. The number of alkyl carbamates (subject to hydrolysis) is 1. The zero-order valence-corrected chi connectivity index (χ0v) is 30.0. The first kappa shape index (κ1) is 36.2. The largest absolute Gasteiger partial charge is 0.453 e. The predicted octanol–water partition coefficient (Wildman–Crippen LogP) is 4.78. The van der Waals surface area contributed by atoms with Gasteiger partial charge in [0.1, 0.15) is 18.2 Å². The van der Waals surface area contributed by atoms with E-state index in [0.29, 0.717) is 43.4 Å². The van der Waals surface area contributed by atoms with Gasteiger partial charge in [-0.25, -0.2) is 14.8 Å². The second-order valence-corrected chi connectivity index (χ2v) is 13.7. The number of H-pyrrole nitrogens is 2. The Morgan fingerprint density at radius 3 is 2.25 bits per heavy atom. The summed E-state index contributed by atoms with van der Waals surface area (Å²) in [5, 5.41) is 7.07. The van der Waals surface area contributed by atoms with Gasteiger partial charge in [-0.15, -0.1) is 0 Å². The molecule has 2 heterocycles. The van der Waals surface area contributed by atoms with E-state index in [0.717, 1.165) is 57.3 Å². The number of benzene rings is 3. The summed E-state index contributed by atoms with van der Waals surface area (Å²) in [7, 11) is 1.25. The minimum absolute atomic E-state index is 0.0313. The normalized spacial score (nSPS) is 13.0. The molecule has 6 rings (SSSR count). The van der Waals surface area contributed by atoms with Crippen LogP contribution in [0.2, 0.25) is 0 Å². The lowest BCUT2D eigenvalue weighted by Crippen LogP contribution is -2.40. The summed E-state index contributed by atoms with van der Waals surface area (Å²) < 4.78 is 4.55. The number of aromatic amines is 2. The van der Waals surface area contributed by atoms with Crippen molar-refractivity contribution < 1.29 is 23.9 Å². The quantitative estimate of drug-likeness (QED) is 0.0723. The molecule has 4 N–H and O–H groups in total. The Morgan fingerprint density at radius 1 is 0.904 bits per heavy atom. The van der Waals surface area contributed by atoms with Crippen molar-refractivity contribution >= 4 is 47.7 Å². The summed E-state index contributed by atoms with van der Waals surface area (Å²) in [4.78, 5) is 66.7. The number of fused-ring (bicyclic) bond motifs is 1. The van der Waals surface area contributed by atoms with Gasteiger partial charge in [0.2, 0.25) is 18.2 Å². The molecular formula is C38H42N8O5S. The lowest BCUT2D eigenvalue weighted by atomic mass is 9.98. The Bertz CT molecular complexity index is 2060. The average Bonchev–Trinajstić information content (AvgIpc) is 3.49. The fourth-order valence-corrected chi connectivity index (χ4v) is 6.26. The molecule has 13 nitrogen and oxygen atoms in total. The number of amides is 4. The maximum Gasteiger partial charge on any atom is 0.407 e. The van der Waals surface area contributed by atoms with Gasteiger partial charge in [0.25, 0.3) is 0 Å². The molecule has 1 aliphatic carbocycles. The van der Waals surface area contributed by atoms with Crippen molar-refractivity contribution in [3.63, 3.8) is 0 Å². The van der Waals surface area contributed by atoms with E-state index < -0.39 is 6.09 Å². The van der Waals surface area contributed by atoms with Gasteiger partial charge in [-0.3, -0.25) is 14.4 Å². The maximum atomic E-state index is 12.8. The van der Waals surface area contributed by atoms with E-state index in [1.165, 1.54) is 7.11 Å². The first-order valence-electron chi connectivity index (χ1n) is 17.1. The molecule has 0 unspecified atom stereocenters. The van der Waals surface area contributed by atoms with Crippen molar-refractivity contribution in [2.75, 3.05) is 39.0 Å². The number of aromatic nitrogens is 4. The molecule has 3 aromatic carbocycles. The van der Waals surface area contributed by atoms with Crippen molar-refractivity contribution in [3.05, 3.63) is 84.7 Å². The molecule has 0 radical (unpaired) electrons. The third-order valence-corrected chi connectivity index (χ3v) is 9.46. The zero-order chi connectivity index (χ0) is 36.7. The van der Waals surface area contributed by atoms with E-state index in [-0.39, 0.29) is 36.9 Å². The van der Waals surface area contributed by atoms with Gasteiger partial charge in [0.15, 0.2) is 0 Å². The Labute approximate surface area is 307 Å². The van der Waals surface area contributed by atoms with Crippen LogP contribution in [0.15, 0.2) is 73.1 Å². The molecule has 14 heteroatoms. The highest BCUT2D eigenvalue weighted by molar-refractivity contribution is 7.80. The third kappa shape index (κ3) is 8.99. The van der Waals surface area contributed by atoms with Crippen LogP contribution in [0, 0.1) is 5.41 Å². The number of carbonyl (C=O) groups is 4. The van der Waals surface area contributed by atoms with Crippen molar-refractivity contribution in [3.8, 4) is 33.6 Å². The van der Waals surface area contributed by atoms with Crippen LogP contribution in [-0.4, -0.2) is 93.1 Å². The second kappa shape index (κ2) is 16.1. The summed E-state index contributed by atoms with van der Waals surface area (Å²) in [6.07, 6.45) is 5.65. The van der Waals surface area contributed by atoms with Crippen molar-refractivity contribution in [2.24, 2.45) is 5.41 Å². The lowest BCUT2D eigenvalue weighted by Gasteiger charge is -2.25. The Hall–Kier alpha value is -5.63. The molecule has 0 aliphatic heterocycles. The molecule has 5 aromatic rings. The van der Waals surface area contributed by atoms with Gasteiger partial charge in [-0.05, 0) is 57.9 Å². The number of ether oxygens (including phenoxy) is 1. The summed E-state index contributed by atoms with van der Waals surface area (Å²) in [5.74, 6) is 1.39. The van der Waals surface area contributed by atoms with Crippen molar-refractivity contribution in [1.82, 2.24) is 40.4 Å². The van der Waals surface area contributed by atoms with Gasteiger partial charge in [-0.2, -0.15) is 12.6 Å². The average molecular weight is 723 g/mol. The van der Waals surface area contributed by atoms with E-state index in [9.17, 15) is 19.2 Å². The smallest absolute Gasteiger partial charge is 0.407 e. The molecule has 0 saturated heterocycles. The Balaban J connectivity index is 1.10. The molecule has 1 saturated carbocycles. The van der Waals surface area contributed by atoms with Gasteiger partial charge in [0.05, 0.1) is 44.3 Å². The van der Waals surface area contributed by atoms with Gasteiger partial charge in [-0.1, -0.05) is 55.5 Å². The highest BCUT2D eigenvalue weighted by Gasteiger charge is 2.40. The number of imidazole rings is 2. The summed E-state index contributed by atoms with van der Waals surface area (Å²) in [6, 6.07) is 20.8. The van der Waals surface area contributed by atoms with Crippen LogP contribution < -0.4 is 10.6 Å². The number of hydrogen-bond acceptors (Lipinski definition) is 8.